The summed E-state index contributed by atoms with van der Waals surface area (Å²) in [5.74, 6) is 0. The molecular weight excluding hydrogens is 112 g/mol. The van der Waals surface area contributed by atoms with E-state index in [1.165, 1.54) is 25.7 Å². The van der Waals surface area contributed by atoms with Gasteiger partial charge in [0.2, 0.25) is 0 Å². The molecule has 0 bridgehead atoms. The maximum absolute atomic E-state index is 5.45. The highest BCUT2D eigenvalue weighted by atomic mass is 16.5. The van der Waals surface area contributed by atoms with E-state index in [1.807, 2.05) is 0 Å². The lowest BCUT2D eigenvalue weighted by molar-refractivity contribution is 0.0474. The Morgan fingerprint density at radius 1 is 1.67 bits per heavy atom. The average Bonchev–Trinajstić information content (AvgIpc) is 1.91. The summed E-state index contributed by atoms with van der Waals surface area (Å²) in [7, 11) is 0. The molecule has 0 aromatic rings. The van der Waals surface area contributed by atoms with Gasteiger partial charge in [-0.2, -0.15) is 0 Å². The number of rotatable bonds is 2. The van der Waals surface area contributed by atoms with Gasteiger partial charge in [-0.3, -0.25) is 0 Å². The molecule has 1 aliphatic rings. The summed E-state index contributed by atoms with van der Waals surface area (Å²) >= 11 is 0. The van der Waals surface area contributed by atoms with Gasteiger partial charge in [-0.25, -0.2) is 0 Å². The van der Waals surface area contributed by atoms with Crippen molar-refractivity contribution in [1.82, 2.24) is 0 Å². The molecule has 0 aromatic heterocycles. The van der Waals surface area contributed by atoms with E-state index in [4.69, 9.17) is 4.74 Å². The lowest BCUT2D eigenvalue weighted by Crippen LogP contribution is -2.16. The molecule has 0 heterocycles. The number of ether oxygens (including phenoxy) is 1. The summed E-state index contributed by atoms with van der Waals surface area (Å²) in [6.07, 6.45) is 7.94. The van der Waals surface area contributed by atoms with E-state index in [0.29, 0.717) is 6.10 Å². The number of hydrogen-bond acceptors (Lipinski definition) is 1. The Balaban J connectivity index is 2.08. The molecule has 1 fully saturated rings. The van der Waals surface area contributed by atoms with E-state index < -0.39 is 0 Å². The van der Waals surface area contributed by atoms with Crippen LogP contribution in [0.3, 0.4) is 0 Å². The van der Waals surface area contributed by atoms with Crippen molar-refractivity contribution >= 4 is 0 Å². The van der Waals surface area contributed by atoms with Crippen LogP contribution in [0.15, 0.2) is 0 Å². The van der Waals surface area contributed by atoms with E-state index in [2.05, 4.69) is 13.3 Å². The van der Waals surface area contributed by atoms with Gasteiger partial charge in [0.05, 0.1) is 6.10 Å². The van der Waals surface area contributed by atoms with Gasteiger partial charge in [0.1, 0.15) is 0 Å². The Hall–Kier alpha value is -0.0400. The fraction of sp³-hybridized carbons (Fsp3) is 0.875. The monoisotopic (exact) mass is 127 g/mol. The molecule has 1 atom stereocenters. The minimum Gasteiger partial charge on any atom is -0.378 e. The predicted molar refractivity (Wildman–Crippen MR) is 38.2 cm³/mol. The third-order valence-electron chi connectivity index (χ3n) is 1.77. The fourth-order valence-electron chi connectivity index (χ4n) is 1.30. The van der Waals surface area contributed by atoms with Gasteiger partial charge in [0, 0.05) is 6.61 Å². The molecule has 0 aromatic carbocycles. The Labute approximate surface area is 57.4 Å². The summed E-state index contributed by atoms with van der Waals surface area (Å²) in [4.78, 5) is 0. The molecule has 1 rings (SSSR count). The lowest BCUT2D eigenvalue weighted by Gasteiger charge is -2.20. The highest BCUT2D eigenvalue weighted by molar-refractivity contribution is 4.77. The van der Waals surface area contributed by atoms with E-state index >= 15 is 0 Å². The largest absolute Gasteiger partial charge is 0.378 e. The van der Waals surface area contributed by atoms with Crippen molar-refractivity contribution in [2.75, 3.05) is 6.61 Å². The van der Waals surface area contributed by atoms with Crippen LogP contribution in [-0.2, 0) is 4.74 Å². The third kappa shape index (κ3) is 2.35. The summed E-state index contributed by atoms with van der Waals surface area (Å²) in [5.41, 5.74) is 0. The molecule has 0 spiro atoms. The van der Waals surface area contributed by atoms with Crippen molar-refractivity contribution in [3.63, 3.8) is 0 Å². The van der Waals surface area contributed by atoms with Gasteiger partial charge in [-0.1, -0.05) is 6.42 Å². The van der Waals surface area contributed by atoms with E-state index in [1.54, 1.807) is 0 Å². The molecule has 53 valence electrons. The Morgan fingerprint density at radius 3 is 3.11 bits per heavy atom. The highest BCUT2D eigenvalue weighted by Crippen LogP contribution is 2.18. The van der Waals surface area contributed by atoms with Crippen molar-refractivity contribution < 1.29 is 4.74 Å². The Morgan fingerprint density at radius 2 is 2.56 bits per heavy atom. The summed E-state index contributed by atoms with van der Waals surface area (Å²) in [5, 5.41) is 0. The number of hydrogen-bond donors (Lipinski definition) is 0. The average molecular weight is 127 g/mol. The van der Waals surface area contributed by atoms with Crippen LogP contribution in [0.1, 0.15) is 32.6 Å². The molecule has 0 amide bonds. The molecule has 0 aliphatic heterocycles. The zero-order valence-corrected chi connectivity index (χ0v) is 6.10. The van der Waals surface area contributed by atoms with Crippen LogP contribution in [0.2, 0.25) is 0 Å². The van der Waals surface area contributed by atoms with Gasteiger partial charge in [0.25, 0.3) is 0 Å². The first-order chi connectivity index (χ1) is 4.43. The Kier molecular flexibility index (Phi) is 3.05. The first-order valence-corrected chi connectivity index (χ1v) is 3.86. The topological polar surface area (TPSA) is 9.23 Å². The van der Waals surface area contributed by atoms with Crippen molar-refractivity contribution in [2.45, 2.75) is 38.7 Å². The zero-order valence-electron chi connectivity index (χ0n) is 6.10. The summed E-state index contributed by atoms with van der Waals surface area (Å²) in [6.45, 7) is 2.94. The van der Waals surface area contributed by atoms with Gasteiger partial charge < -0.3 is 4.74 Å². The molecular formula is C8H15O. The van der Waals surface area contributed by atoms with Crippen LogP contribution in [0.4, 0.5) is 0 Å². The minimum atomic E-state index is 0.545. The Bertz CT molecular complexity index is 62.2. The highest BCUT2D eigenvalue weighted by Gasteiger charge is 2.11. The SMILES string of the molecule is CCO[C@H]1C[CH]CCC1. The molecule has 0 saturated heterocycles. The van der Waals surface area contributed by atoms with E-state index in [0.717, 1.165) is 6.61 Å². The molecule has 1 nitrogen and oxygen atoms in total. The van der Waals surface area contributed by atoms with E-state index in [-0.39, 0.29) is 0 Å². The van der Waals surface area contributed by atoms with Gasteiger partial charge in [-0.05, 0) is 32.6 Å². The standard InChI is InChI=1S/C8H15O/c1-2-9-8-6-4-3-5-7-8/h4,8H,2-3,5-7H2,1H3/t8-/m0/s1. The second-order valence-corrected chi connectivity index (χ2v) is 2.53. The van der Waals surface area contributed by atoms with Crippen molar-refractivity contribution in [1.29, 1.82) is 0 Å². The van der Waals surface area contributed by atoms with Crippen LogP contribution >= 0.6 is 0 Å². The van der Waals surface area contributed by atoms with Crippen molar-refractivity contribution in [3.05, 3.63) is 6.42 Å². The minimum absolute atomic E-state index is 0.545. The molecule has 9 heavy (non-hydrogen) atoms. The normalized spacial score (nSPS) is 22.3. The quantitative estimate of drug-likeness (QED) is 0.552. The smallest absolute Gasteiger partial charge is 0.0577 e. The molecule has 0 N–H and O–H groups in total. The van der Waals surface area contributed by atoms with Crippen molar-refractivity contribution in [2.24, 2.45) is 0 Å². The second kappa shape index (κ2) is 3.89. The molecule has 1 radical (unpaired) electrons. The van der Waals surface area contributed by atoms with Gasteiger partial charge >= 0.3 is 0 Å². The molecule has 1 aliphatic carbocycles. The first kappa shape index (κ1) is 7.07. The van der Waals surface area contributed by atoms with Crippen LogP contribution in [0.5, 0.6) is 0 Å². The summed E-state index contributed by atoms with van der Waals surface area (Å²) < 4.78 is 5.45. The van der Waals surface area contributed by atoms with Crippen LogP contribution < -0.4 is 0 Å². The van der Waals surface area contributed by atoms with E-state index in [9.17, 15) is 0 Å². The van der Waals surface area contributed by atoms with Crippen LogP contribution in [0, 0.1) is 6.42 Å². The van der Waals surface area contributed by atoms with Crippen molar-refractivity contribution in [3.8, 4) is 0 Å². The predicted octanol–water partition coefficient (Wildman–Crippen LogP) is 2.17. The molecule has 1 heteroatoms. The maximum atomic E-state index is 5.45. The maximum Gasteiger partial charge on any atom is 0.0577 e. The fourth-order valence-corrected chi connectivity index (χ4v) is 1.30. The third-order valence-corrected chi connectivity index (χ3v) is 1.77. The van der Waals surface area contributed by atoms with Crippen LogP contribution in [0.25, 0.3) is 0 Å². The van der Waals surface area contributed by atoms with Gasteiger partial charge in [-0.15, -0.1) is 0 Å². The molecule has 0 unspecified atom stereocenters. The lowest BCUT2D eigenvalue weighted by atomic mass is 9.98. The van der Waals surface area contributed by atoms with Crippen LogP contribution in [-0.4, -0.2) is 12.7 Å². The first-order valence-electron chi connectivity index (χ1n) is 3.86. The second-order valence-electron chi connectivity index (χ2n) is 2.53. The summed E-state index contributed by atoms with van der Waals surface area (Å²) in [6, 6.07) is 0. The van der Waals surface area contributed by atoms with Gasteiger partial charge in [0.15, 0.2) is 0 Å². The zero-order chi connectivity index (χ0) is 6.53. The molecule has 1 saturated carbocycles.